The third-order valence-corrected chi connectivity index (χ3v) is 3.63. The molecule has 17 heavy (non-hydrogen) atoms. The lowest BCUT2D eigenvalue weighted by Crippen LogP contribution is -2.20. The number of rotatable bonds is 6. The summed E-state index contributed by atoms with van der Waals surface area (Å²) in [6, 6.07) is 6.29. The Labute approximate surface area is 104 Å². The third kappa shape index (κ3) is 3.22. The normalized spacial score (nSPS) is 18.3. The molecule has 1 unspecified atom stereocenters. The second kappa shape index (κ2) is 6.06. The summed E-state index contributed by atoms with van der Waals surface area (Å²) in [5.74, 6) is 0.396. The zero-order valence-electron chi connectivity index (χ0n) is 10.7. The van der Waals surface area contributed by atoms with Gasteiger partial charge in [-0.05, 0) is 49.1 Å². The summed E-state index contributed by atoms with van der Waals surface area (Å²) in [4.78, 5) is 0. The molecule has 0 bridgehead atoms. The summed E-state index contributed by atoms with van der Waals surface area (Å²) in [6.07, 6.45) is 7.52. The molecule has 0 heterocycles. The van der Waals surface area contributed by atoms with E-state index in [9.17, 15) is 5.11 Å². The number of aromatic hydroxyl groups is 1. The van der Waals surface area contributed by atoms with Crippen LogP contribution in [0.3, 0.4) is 0 Å². The molecule has 94 valence electrons. The van der Waals surface area contributed by atoms with Gasteiger partial charge in [-0.2, -0.15) is 0 Å². The average molecular weight is 233 g/mol. The quantitative estimate of drug-likeness (QED) is 0.736. The first-order valence-electron chi connectivity index (χ1n) is 6.86. The molecule has 0 aliphatic heterocycles. The first-order valence-corrected chi connectivity index (χ1v) is 6.86. The van der Waals surface area contributed by atoms with Gasteiger partial charge in [0.05, 0.1) is 0 Å². The first-order chi connectivity index (χ1) is 8.31. The summed E-state index contributed by atoms with van der Waals surface area (Å²) in [6.45, 7) is 3.36. The average Bonchev–Trinajstić information content (AvgIpc) is 2.71. The molecule has 1 aliphatic rings. The van der Waals surface area contributed by atoms with Crippen LogP contribution in [-0.4, -0.2) is 11.7 Å². The molecule has 1 aliphatic carbocycles. The van der Waals surface area contributed by atoms with E-state index in [-0.39, 0.29) is 0 Å². The van der Waals surface area contributed by atoms with Crippen molar-refractivity contribution in [3.05, 3.63) is 29.3 Å². The molecule has 2 nitrogen and oxygen atoms in total. The topological polar surface area (TPSA) is 32.3 Å². The summed E-state index contributed by atoms with van der Waals surface area (Å²) in [7, 11) is 0. The molecule has 1 aromatic carbocycles. The number of fused-ring (bicyclic) bond motifs is 1. The van der Waals surface area contributed by atoms with Crippen LogP contribution in [-0.2, 0) is 6.42 Å². The van der Waals surface area contributed by atoms with Crippen LogP contribution in [0.1, 0.15) is 56.2 Å². The van der Waals surface area contributed by atoms with E-state index < -0.39 is 0 Å². The van der Waals surface area contributed by atoms with E-state index >= 15 is 0 Å². The fraction of sp³-hybridized carbons (Fsp3) is 0.600. The molecule has 0 fully saturated rings. The van der Waals surface area contributed by atoms with E-state index in [0.717, 1.165) is 13.0 Å². The molecule has 0 aromatic heterocycles. The number of hydrogen-bond donors (Lipinski definition) is 2. The van der Waals surface area contributed by atoms with Crippen molar-refractivity contribution in [3.63, 3.8) is 0 Å². The smallest absolute Gasteiger partial charge is 0.115 e. The number of benzene rings is 1. The second-order valence-corrected chi connectivity index (χ2v) is 4.99. The van der Waals surface area contributed by atoms with Crippen molar-refractivity contribution in [2.75, 3.05) is 6.54 Å². The maximum absolute atomic E-state index is 9.44. The Morgan fingerprint density at radius 3 is 3.00 bits per heavy atom. The van der Waals surface area contributed by atoms with Crippen molar-refractivity contribution in [1.82, 2.24) is 5.32 Å². The van der Waals surface area contributed by atoms with Gasteiger partial charge in [-0.3, -0.25) is 0 Å². The van der Waals surface area contributed by atoms with E-state index in [2.05, 4.69) is 18.3 Å². The summed E-state index contributed by atoms with van der Waals surface area (Å²) in [5.41, 5.74) is 2.70. The number of unbranched alkanes of at least 4 members (excludes halogenated alkanes) is 3. The minimum absolute atomic E-state index is 0.396. The maximum atomic E-state index is 9.44. The zero-order valence-corrected chi connectivity index (χ0v) is 10.7. The van der Waals surface area contributed by atoms with E-state index in [4.69, 9.17) is 0 Å². The minimum atomic E-state index is 0.396. The largest absolute Gasteiger partial charge is 0.508 e. The monoisotopic (exact) mass is 233 g/mol. The fourth-order valence-corrected chi connectivity index (χ4v) is 2.64. The van der Waals surface area contributed by atoms with E-state index in [0.29, 0.717) is 11.8 Å². The lowest BCUT2D eigenvalue weighted by Gasteiger charge is -2.13. The van der Waals surface area contributed by atoms with Crippen molar-refractivity contribution < 1.29 is 5.11 Å². The van der Waals surface area contributed by atoms with E-state index in [1.807, 2.05) is 6.07 Å². The van der Waals surface area contributed by atoms with Gasteiger partial charge in [-0.1, -0.05) is 32.3 Å². The van der Waals surface area contributed by atoms with Crippen molar-refractivity contribution in [3.8, 4) is 5.75 Å². The van der Waals surface area contributed by atoms with Crippen LogP contribution < -0.4 is 5.32 Å². The highest BCUT2D eigenvalue weighted by atomic mass is 16.3. The summed E-state index contributed by atoms with van der Waals surface area (Å²) >= 11 is 0. The number of phenols is 1. The number of phenolic OH excluding ortho intramolecular Hbond substituents is 1. The van der Waals surface area contributed by atoms with Crippen molar-refractivity contribution in [2.24, 2.45) is 0 Å². The molecule has 2 N–H and O–H groups in total. The van der Waals surface area contributed by atoms with Gasteiger partial charge in [-0.15, -0.1) is 0 Å². The molecule has 0 radical (unpaired) electrons. The highest BCUT2D eigenvalue weighted by Crippen LogP contribution is 2.33. The molecule has 0 amide bonds. The Hall–Kier alpha value is -1.02. The Kier molecular flexibility index (Phi) is 4.43. The molecule has 0 saturated carbocycles. The lowest BCUT2D eigenvalue weighted by molar-refractivity contribution is 0.474. The Morgan fingerprint density at radius 1 is 1.29 bits per heavy atom. The highest BCUT2D eigenvalue weighted by molar-refractivity contribution is 5.39. The van der Waals surface area contributed by atoms with E-state index in [1.165, 1.54) is 43.2 Å². The molecule has 2 heteroatoms. The number of hydrogen-bond acceptors (Lipinski definition) is 2. The van der Waals surface area contributed by atoms with Gasteiger partial charge in [0.2, 0.25) is 0 Å². The van der Waals surface area contributed by atoms with Crippen molar-refractivity contribution >= 4 is 0 Å². The van der Waals surface area contributed by atoms with Crippen LogP contribution in [0, 0.1) is 0 Å². The van der Waals surface area contributed by atoms with Crippen LogP contribution in [0.5, 0.6) is 5.75 Å². The zero-order chi connectivity index (χ0) is 12.1. The van der Waals surface area contributed by atoms with Crippen LogP contribution >= 0.6 is 0 Å². The Bertz CT molecular complexity index is 362. The molecule has 1 atom stereocenters. The second-order valence-electron chi connectivity index (χ2n) is 4.99. The van der Waals surface area contributed by atoms with Gasteiger partial charge in [0.1, 0.15) is 5.75 Å². The predicted molar refractivity (Wildman–Crippen MR) is 71.3 cm³/mol. The van der Waals surface area contributed by atoms with Gasteiger partial charge in [0.15, 0.2) is 0 Å². The summed E-state index contributed by atoms with van der Waals surface area (Å²) in [5, 5.41) is 13.1. The first kappa shape index (κ1) is 12.4. The van der Waals surface area contributed by atoms with Crippen LogP contribution in [0.15, 0.2) is 18.2 Å². The number of aryl methyl sites for hydroxylation is 1. The molecular formula is C15H23NO. The SMILES string of the molecule is CCCCCCNC1CCc2cc(O)ccc21. The highest BCUT2D eigenvalue weighted by Gasteiger charge is 2.21. The minimum Gasteiger partial charge on any atom is -0.508 e. The van der Waals surface area contributed by atoms with Crippen molar-refractivity contribution in [1.29, 1.82) is 0 Å². The number of nitrogens with one attached hydrogen (secondary N) is 1. The van der Waals surface area contributed by atoms with Gasteiger partial charge in [0, 0.05) is 6.04 Å². The van der Waals surface area contributed by atoms with Crippen molar-refractivity contribution in [2.45, 2.75) is 51.5 Å². The molecule has 0 spiro atoms. The van der Waals surface area contributed by atoms with Gasteiger partial charge < -0.3 is 10.4 Å². The predicted octanol–water partition coefficient (Wildman–Crippen LogP) is 3.55. The van der Waals surface area contributed by atoms with Gasteiger partial charge >= 0.3 is 0 Å². The van der Waals surface area contributed by atoms with Crippen LogP contribution in [0.4, 0.5) is 0 Å². The fourth-order valence-electron chi connectivity index (χ4n) is 2.64. The van der Waals surface area contributed by atoms with Crippen LogP contribution in [0.2, 0.25) is 0 Å². The third-order valence-electron chi connectivity index (χ3n) is 3.63. The van der Waals surface area contributed by atoms with Gasteiger partial charge in [0.25, 0.3) is 0 Å². The molecule has 1 aromatic rings. The molecule has 0 saturated heterocycles. The van der Waals surface area contributed by atoms with E-state index in [1.54, 1.807) is 6.07 Å². The molecular weight excluding hydrogens is 210 g/mol. The summed E-state index contributed by atoms with van der Waals surface area (Å²) < 4.78 is 0. The Morgan fingerprint density at radius 2 is 2.18 bits per heavy atom. The maximum Gasteiger partial charge on any atom is 0.115 e. The van der Waals surface area contributed by atoms with Gasteiger partial charge in [-0.25, -0.2) is 0 Å². The Balaban J connectivity index is 1.81. The lowest BCUT2D eigenvalue weighted by atomic mass is 10.1. The standard InChI is InChI=1S/C15H23NO/c1-2-3-4-5-10-16-15-9-6-12-11-13(17)7-8-14(12)15/h7-8,11,15-17H,2-6,9-10H2,1H3. The van der Waals surface area contributed by atoms with Crippen LogP contribution in [0.25, 0.3) is 0 Å². The molecule has 2 rings (SSSR count).